The third-order valence-electron chi connectivity index (χ3n) is 3.27. The number of hydrogen-bond acceptors (Lipinski definition) is 5. The number of nitrogens with one attached hydrogen (secondary N) is 1. The summed E-state index contributed by atoms with van der Waals surface area (Å²) in [7, 11) is 0. The molecule has 3 rings (SSSR count). The molecule has 0 spiro atoms. The van der Waals surface area contributed by atoms with E-state index >= 15 is 0 Å². The fourth-order valence-electron chi connectivity index (χ4n) is 2.16. The summed E-state index contributed by atoms with van der Waals surface area (Å²) >= 11 is 0. The fourth-order valence-corrected chi connectivity index (χ4v) is 2.16. The van der Waals surface area contributed by atoms with Gasteiger partial charge in [0.05, 0.1) is 0 Å². The lowest BCUT2D eigenvalue weighted by molar-refractivity contribution is -0.389. The van der Waals surface area contributed by atoms with Gasteiger partial charge in [-0.05, 0) is 45.8 Å². The number of nitro groups is 1. The Kier molecular flexibility index (Phi) is 4.67. The molecule has 0 aliphatic carbocycles. The molecule has 1 heterocycles. The van der Waals surface area contributed by atoms with E-state index < -0.39 is 4.92 Å². The van der Waals surface area contributed by atoms with E-state index in [0.29, 0.717) is 12.4 Å². The lowest BCUT2D eigenvalue weighted by atomic mass is 10.2. The Morgan fingerprint density at radius 2 is 1.71 bits per heavy atom. The second-order valence-electron chi connectivity index (χ2n) is 5.05. The van der Waals surface area contributed by atoms with Gasteiger partial charge in [-0.1, -0.05) is 30.3 Å². The number of aromatic nitrogens is 1. The topological polar surface area (TPSA) is 77.3 Å². The largest absolute Gasteiger partial charge is 0.457 e. The van der Waals surface area contributed by atoms with Crippen LogP contribution in [0.2, 0.25) is 0 Å². The Morgan fingerprint density at radius 3 is 2.50 bits per heavy atom. The second-order valence-corrected chi connectivity index (χ2v) is 5.05. The highest BCUT2D eigenvalue weighted by Crippen LogP contribution is 2.22. The van der Waals surface area contributed by atoms with Gasteiger partial charge in [0.15, 0.2) is 0 Å². The molecule has 0 unspecified atom stereocenters. The molecule has 3 aromatic rings. The molecule has 6 heteroatoms. The first-order valence-corrected chi connectivity index (χ1v) is 7.38. The van der Waals surface area contributed by atoms with Crippen LogP contribution in [-0.4, -0.2) is 9.91 Å². The SMILES string of the molecule is O=[N+]([O-])c1cccc(NCc2cccc(Oc3ccccc3)c2)n1. The highest BCUT2D eigenvalue weighted by Gasteiger charge is 2.09. The quantitative estimate of drug-likeness (QED) is 0.538. The zero-order chi connectivity index (χ0) is 16.8. The number of para-hydroxylation sites is 1. The van der Waals surface area contributed by atoms with Crippen LogP contribution in [0.1, 0.15) is 5.56 Å². The van der Waals surface area contributed by atoms with Crippen molar-refractivity contribution in [1.82, 2.24) is 4.98 Å². The van der Waals surface area contributed by atoms with Crippen LogP contribution in [-0.2, 0) is 6.54 Å². The van der Waals surface area contributed by atoms with Gasteiger partial charge in [0.2, 0.25) is 5.82 Å². The molecule has 2 aromatic carbocycles. The van der Waals surface area contributed by atoms with E-state index in [1.54, 1.807) is 12.1 Å². The number of ether oxygens (including phenoxy) is 1. The average molecular weight is 321 g/mol. The molecule has 0 aliphatic heterocycles. The average Bonchev–Trinajstić information content (AvgIpc) is 2.61. The summed E-state index contributed by atoms with van der Waals surface area (Å²) in [5, 5.41) is 13.8. The maximum atomic E-state index is 10.7. The van der Waals surface area contributed by atoms with Crippen LogP contribution >= 0.6 is 0 Å². The molecule has 0 aliphatic rings. The number of rotatable bonds is 6. The monoisotopic (exact) mass is 321 g/mol. The molecule has 24 heavy (non-hydrogen) atoms. The van der Waals surface area contributed by atoms with Gasteiger partial charge in [0, 0.05) is 18.7 Å². The third kappa shape index (κ3) is 4.07. The van der Waals surface area contributed by atoms with E-state index in [0.717, 1.165) is 17.1 Å². The predicted molar refractivity (Wildman–Crippen MR) is 91.2 cm³/mol. The van der Waals surface area contributed by atoms with Gasteiger partial charge in [0.1, 0.15) is 11.5 Å². The smallest absolute Gasteiger partial charge is 0.365 e. The number of anilines is 1. The van der Waals surface area contributed by atoms with Crippen molar-refractivity contribution in [3.05, 3.63) is 88.5 Å². The van der Waals surface area contributed by atoms with Gasteiger partial charge in [-0.25, -0.2) is 0 Å². The predicted octanol–water partition coefficient (Wildman–Crippen LogP) is 4.39. The fraction of sp³-hybridized carbons (Fsp3) is 0.0556. The minimum Gasteiger partial charge on any atom is -0.457 e. The first kappa shape index (κ1) is 15.5. The zero-order valence-corrected chi connectivity index (χ0v) is 12.8. The van der Waals surface area contributed by atoms with Gasteiger partial charge in [-0.2, -0.15) is 0 Å². The van der Waals surface area contributed by atoms with E-state index in [4.69, 9.17) is 4.74 Å². The molecular formula is C18H15N3O3. The molecule has 0 bridgehead atoms. The molecule has 120 valence electrons. The van der Waals surface area contributed by atoms with Crippen molar-refractivity contribution in [1.29, 1.82) is 0 Å². The van der Waals surface area contributed by atoms with Gasteiger partial charge < -0.3 is 20.2 Å². The summed E-state index contributed by atoms with van der Waals surface area (Å²) in [4.78, 5) is 14.2. The maximum absolute atomic E-state index is 10.7. The first-order chi connectivity index (χ1) is 11.7. The Morgan fingerprint density at radius 1 is 0.958 bits per heavy atom. The van der Waals surface area contributed by atoms with Crippen LogP contribution in [0.15, 0.2) is 72.8 Å². The summed E-state index contributed by atoms with van der Waals surface area (Å²) in [5.74, 6) is 1.77. The minimum atomic E-state index is -0.514. The minimum absolute atomic E-state index is 0.179. The van der Waals surface area contributed by atoms with Crippen LogP contribution in [0.5, 0.6) is 11.5 Å². The van der Waals surface area contributed by atoms with E-state index in [1.165, 1.54) is 6.07 Å². The van der Waals surface area contributed by atoms with Crippen LogP contribution in [0.25, 0.3) is 0 Å². The van der Waals surface area contributed by atoms with Gasteiger partial charge in [0.25, 0.3) is 0 Å². The second kappa shape index (κ2) is 7.23. The first-order valence-electron chi connectivity index (χ1n) is 7.38. The van der Waals surface area contributed by atoms with Crippen molar-refractivity contribution >= 4 is 11.6 Å². The number of hydrogen-bond donors (Lipinski definition) is 1. The maximum Gasteiger partial charge on any atom is 0.365 e. The van der Waals surface area contributed by atoms with Crippen LogP contribution in [0.4, 0.5) is 11.6 Å². The number of benzene rings is 2. The van der Waals surface area contributed by atoms with E-state index in [-0.39, 0.29) is 5.82 Å². The standard InChI is InChI=1S/C18H15N3O3/c22-21(23)18-11-5-10-17(20-18)19-13-14-6-4-9-16(12-14)24-15-7-2-1-3-8-15/h1-12H,13H2,(H,19,20). The van der Waals surface area contributed by atoms with Gasteiger partial charge in [-0.15, -0.1) is 0 Å². The van der Waals surface area contributed by atoms with Crippen molar-refractivity contribution in [3.63, 3.8) is 0 Å². The Hall–Kier alpha value is -3.41. The zero-order valence-electron chi connectivity index (χ0n) is 12.8. The molecule has 0 saturated carbocycles. The van der Waals surface area contributed by atoms with Crippen molar-refractivity contribution in [2.45, 2.75) is 6.54 Å². The molecule has 1 N–H and O–H groups in total. The Balaban J connectivity index is 1.66. The molecule has 1 aromatic heterocycles. The number of pyridine rings is 1. The molecule has 6 nitrogen and oxygen atoms in total. The summed E-state index contributed by atoms with van der Waals surface area (Å²) in [6, 6.07) is 21.8. The van der Waals surface area contributed by atoms with E-state index in [9.17, 15) is 10.1 Å². The molecule has 0 fully saturated rings. The van der Waals surface area contributed by atoms with Crippen molar-refractivity contribution in [2.75, 3.05) is 5.32 Å². The highest BCUT2D eigenvalue weighted by atomic mass is 16.6. The molecule has 0 atom stereocenters. The number of nitrogens with zero attached hydrogens (tertiary/aromatic N) is 2. The van der Waals surface area contributed by atoms with Gasteiger partial charge >= 0.3 is 5.82 Å². The van der Waals surface area contributed by atoms with Crippen molar-refractivity contribution < 1.29 is 9.66 Å². The van der Waals surface area contributed by atoms with Crippen LogP contribution < -0.4 is 10.1 Å². The molecule has 0 radical (unpaired) electrons. The highest BCUT2D eigenvalue weighted by molar-refractivity contribution is 5.41. The summed E-state index contributed by atoms with van der Waals surface area (Å²) in [6.45, 7) is 0.486. The van der Waals surface area contributed by atoms with Crippen LogP contribution in [0.3, 0.4) is 0 Å². The Labute approximate surface area is 138 Å². The summed E-state index contributed by atoms with van der Waals surface area (Å²) in [6.07, 6.45) is 0. The third-order valence-corrected chi connectivity index (χ3v) is 3.27. The summed E-state index contributed by atoms with van der Waals surface area (Å²) < 4.78 is 5.79. The molecular weight excluding hydrogens is 306 g/mol. The van der Waals surface area contributed by atoms with Crippen molar-refractivity contribution in [2.24, 2.45) is 0 Å². The Bertz CT molecular complexity index is 838. The normalized spacial score (nSPS) is 10.2. The van der Waals surface area contributed by atoms with E-state index in [1.807, 2.05) is 54.6 Å². The van der Waals surface area contributed by atoms with E-state index in [2.05, 4.69) is 10.3 Å². The van der Waals surface area contributed by atoms with Crippen LogP contribution in [0, 0.1) is 10.1 Å². The lowest BCUT2D eigenvalue weighted by Crippen LogP contribution is -2.02. The van der Waals surface area contributed by atoms with Gasteiger partial charge in [-0.3, -0.25) is 0 Å². The summed E-state index contributed by atoms with van der Waals surface area (Å²) in [5.41, 5.74) is 0.983. The van der Waals surface area contributed by atoms with Crippen molar-refractivity contribution in [3.8, 4) is 11.5 Å². The lowest BCUT2D eigenvalue weighted by Gasteiger charge is -2.08. The molecule has 0 saturated heterocycles. The molecule has 0 amide bonds.